The fourth-order valence-corrected chi connectivity index (χ4v) is 5.45. The van der Waals surface area contributed by atoms with Crippen LogP contribution in [0, 0.1) is 0 Å². The zero-order valence-corrected chi connectivity index (χ0v) is 23.4. The Bertz CT molecular complexity index is 1910. The van der Waals surface area contributed by atoms with Crippen LogP contribution in [0.4, 0.5) is 26.3 Å². The largest absolute Gasteiger partial charge is 0.416 e. The molecule has 0 fully saturated rings. The van der Waals surface area contributed by atoms with E-state index in [0.29, 0.717) is 0 Å². The van der Waals surface area contributed by atoms with Crippen molar-refractivity contribution in [2.75, 3.05) is 0 Å². The van der Waals surface area contributed by atoms with Gasteiger partial charge in [-0.2, -0.15) is 26.3 Å². The van der Waals surface area contributed by atoms with Crippen LogP contribution in [0.2, 0.25) is 0 Å². The summed E-state index contributed by atoms with van der Waals surface area (Å²) in [5.74, 6) is 0. The highest BCUT2D eigenvalue weighted by atomic mass is 19.4. The molecule has 6 rings (SSSR count). The van der Waals surface area contributed by atoms with Crippen LogP contribution in [0.3, 0.4) is 0 Å². The molecule has 5 aromatic rings. The number of halogens is 6. The third kappa shape index (κ3) is 6.40. The van der Waals surface area contributed by atoms with Crippen LogP contribution in [-0.4, -0.2) is 0 Å². The summed E-state index contributed by atoms with van der Waals surface area (Å²) in [5.41, 5.74) is 3.67. The van der Waals surface area contributed by atoms with Crippen LogP contribution in [0.25, 0.3) is 51.1 Å². The molecule has 6 heteroatoms. The predicted octanol–water partition coefficient (Wildman–Crippen LogP) is 10.2. The fourth-order valence-electron chi connectivity index (χ4n) is 5.45. The summed E-state index contributed by atoms with van der Waals surface area (Å²) in [5, 5.41) is 2.47. The summed E-state index contributed by atoms with van der Waals surface area (Å²) in [6, 6.07) is 32.8. The third-order valence-corrected chi connectivity index (χ3v) is 7.85. The Hall–Kier alpha value is -4.84. The number of fused-ring (bicyclic) bond motifs is 1. The lowest BCUT2D eigenvalue weighted by molar-refractivity contribution is -0.143. The molecule has 0 spiro atoms. The first-order valence-corrected chi connectivity index (χ1v) is 14.1. The van der Waals surface area contributed by atoms with Gasteiger partial charge in [0, 0.05) is 0 Å². The van der Waals surface area contributed by atoms with Crippen molar-refractivity contribution >= 4 is 17.7 Å². The summed E-state index contributed by atoms with van der Waals surface area (Å²) >= 11 is 0. The van der Waals surface area contributed by atoms with Crippen molar-refractivity contribution in [3.63, 3.8) is 0 Å². The van der Waals surface area contributed by atoms with E-state index in [0.717, 1.165) is 47.2 Å². The van der Waals surface area contributed by atoms with Gasteiger partial charge in [0.15, 0.2) is 0 Å². The van der Waals surface area contributed by atoms with Crippen molar-refractivity contribution in [1.29, 1.82) is 0 Å². The van der Waals surface area contributed by atoms with Crippen molar-refractivity contribution in [3.05, 3.63) is 148 Å². The highest BCUT2D eigenvalue weighted by Gasteiger charge is 2.37. The molecule has 0 N–H and O–H groups in total. The lowest BCUT2D eigenvalue weighted by atomic mass is 9.94. The predicted molar refractivity (Wildman–Crippen MR) is 165 cm³/mol. The standard InChI is InChI=1S/C38H26F6/c39-37(40,41)35-22-34(23-36(24-35)38(42,43)44)33-20-18-32(19-21-33)31-16-14-30(15-17-31)29-12-10-28(11-13-29)27-7-3-6-25-4-1-2-5-26(25)8-9-27/h1-2,4-6,8-24H,3,7H2/b25-6-,26-8-,27-9+. The summed E-state index contributed by atoms with van der Waals surface area (Å²) in [4.78, 5) is 0. The summed E-state index contributed by atoms with van der Waals surface area (Å²) in [6.07, 6.45) is -1.23. The molecule has 0 radical (unpaired) electrons. The van der Waals surface area contributed by atoms with Gasteiger partial charge >= 0.3 is 12.4 Å². The monoisotopic (exact) mass is 596 g/mol. The number of hydrogen-bond acceptors (Lipinski definition) is 0. The third-order valence-electron chi connectivity index (χ3n) is 7.85. The average Bonchev–Trinajstić information content (AvgIpc) is 3.01. The molecule has 5 aromatic carbocycles. The zero-order chi connectivity index (χ0) is 30.9. The Labute approximate surface area is 250 Å². The van der Waals surface area contributed by atoms with Gasteiger partial charge in [-0.05, 0) is 86.0 Å². The second-order valence-corrected chi connectivity index (χ2v) is 10.8. The van der Waals surface area contributed by atoms with E-state index in [1.165, 1.54) is 33.7 Å². The number of hydrogen-bond donors (Lipinski definition) is 0. The Balaban J connectivity index is 1.20. The van der Waals surface area contributed by atoms with E-state index in [4.69, 9.17) is 0 Å². The second kappa shape index (κ2) is 11.7. The fraction of sp³-hybridized carbons (Fsp3) is 0.105. The van der Waals surface area contributed by atoms with Crippen LogP contribution in [0.1, 0.15) is 29.5 Å². The maximum absolute atomic E-state index is 13.3. The summed E-state index contributed by atoms with van der Waals surface area (Å²) < 4.78 is 79.8. The Morgan fingerprint density at radius 1 is 0.409 bits per heavy atom. The van der Waals surface area contributed by atoms with E-state index in [-0.39, 0.29) is 17.2 Å². The quantitative estimate of drug-likeness (QED) is 0.181. The van der Waals surface area contributed by atoms with Crippen LogP contribution < -0.4 is 10.4 Å². The highest BCUT2D eigenvalue weighted by Crippen LogP contribution is 2.39. The van der Waals surface area contributed by atoms with Crippen LogP contribution in [0.5, 0.6) is 0 Å². The Morgan fingerprint density at radius 3 is 1.27 bits per heavy atom. The summed E-state index contributed by atoms with van der Waals surface area (Å²) in [7, 11) is 0. The molecule has 0 unspecified atom stereocenters. The van der Waals surface area contributed by atoms with Crippen molar-refractivity contribution < 1.29 is 26.3 Å². The van der Waals surface area contributed by atoms with E-state index >= 15 is 0 Å². The van der Waals surface area contributed by atoms with Crippen LogP contribution in [0.15, 0.2) is 121 Å². The molecule has 0 saturated carbocycles. The normalized spacial score (nSPS) is 16.3. The van der Waals surface area contributed by atoms with E-state index in [1.807, 2.05) is 30.3 Å². The van der Waals surface area contributed by atoms with Crippen LogP contribution >= 0.6 is 0 Å². The molecule has 0 nitrogen and oxygen atoms in total. The lowest BCUT2D eigenvalue weighted by Crippen LogP contribution is -2.23. The molecule has 1 aliphatic rings. The van der Waals surface area contributed by atoms with Gasteiger partial charge in [0.25, 0.3) is 0 Å². The van der Waals surface area contributed by atoms with Gasteiger partial charge < -0.3 is 0 Å². The number of alkyl halides is 6. The zero-order valence-electron chi connectivity index (χ0n) is 23.4. The van der Waals surface area contributed by atoms with Gasteiger partial charge in [-0.3, -0.25) is 0 Å². The molecule has 1 aliphatic carbocycles. The number of allylic oxidation sites excluding steroid dienone is 2. The van der Waals surface area contributed by atoms with E-state index in [9.17, 15) is 26.3 Å². The first-order chi connectivity index (χ1) is 21.0. The van der Waals surface area contributed by atoms with Crippen LogP contribution in [-0.2, 0) is 12.4 Å². The molecular weight excluding hydrogens is 570 g/mol. The van der Waals surface area contributed by atoms with Crippen molar-refractivity contribution in [2.24, 2.45) is 0 Å². The molecule has 0 bridgehead atoms. The molecule has 0 saturated heterocycles. The van der Waals surface area contributed by atoms with E-state index in [2.05, 4.69) is 60.7 Å². The molecule has 0 aromatic heterocycles. The van der Waals surface area contributed by atoms with Crippen molar-refractivity contribution in [3.8, 4) is 33.4 Å². The van der Waals surface area contributed by atoms with E-state index < -0.39 is 23.5 Å². The Kier molecular flexibility index (Phi) is 7.76. The maximum Gasteiger partial charge on any atom is 0.416 e. The lowest BCUT2D eigenvalue weighted by Gasteiger charge is -2.14. The highest BCUT2D eigenvalue weighted by molar-refractivity contribution is 5.76. The van der Waals surface area contributed by atoms with Gasteiger partial charge in [-0.1, -0.05) is 115 Å². The topological polar surface area (TPSA) is 0 Å². The van der Waals surface area contributed by atoms with Crippen molar-refractivity contribution in [2.45, 2.75) is 25.2 Å². The average molecular weight is 597 g/mol. The minimum atomic E-state index is -4.89. The van der Waals surface area contributed by atoms with Crippen molar-refractivity contribution in [1.82, 2.24) is 0 Å². The van der Waals surface area contributed by atoms with Gasteiger partial charge in [-0.15, -0.1) is 0 Å². The molecule has 44 heavy (non-hydrogen) atoms. The molecule has 0 aliphatic heterocycles. The minimum absolute atomic E-state index is 0.138. The SMILES string of the molecule is FC(F)(F)c1cc(-c2ccc(-c3ccc(-c4ccc(/C5=C/C=c6/cccc/c6=C/CC5)cc4)cc3)cc2)cc(C(F)(F)F)c1. The van der Waals surface area contributed by atoms with E-state index in [1.54, 1.807) is 12.1 Å². The molecular formula is C38H26F6. The molecule has 220 valence electrons. The number of rotatable bonds is 4. The van der Waals surface area contributed by atoms with Gasteiger partial charge in [0.2, 0.25) is 0 Å². The van der Waals surface area contributed by atoms with Gasteiger partial charge in [0.05, 0.1) is 11.1 Å². The smallest absolute Gasteiger partial charge is 0.166 e. The van der Waals surface area contributed by atoms with Gasteiger partial charge in [0.1, 0.15) is 0 Å². The molecule has 0 amide bonds. The molecule has 0 atom stereocenters. The minimum Gasteiger partial charge on any atom is -0.166 e. The summed E-state index contributed by atoms with van der Waals surface area (Å²) in [6.45, 7) is 0. The molecule has 0 heterocycles. The second-order valence-electron chi connectivity index (χ2n) is 10.8. The number of benzene rings is 5. The Morgan fingerprint density at radius 2 is 0.818 bits per heavy atom. The van der Waals surface area contributed by atoms with Gasteiger partial charge in [-0.25, -0.2) is 0 Å². The first kappa shape index (κ1) is 29.2. The first-order valence-electron chi connectivity index (χ1n) is 14.1. The maximum atomic E-state index is 13.3.